The molecule has 0 fully saturated rings. The summed E-state index contributed by atoms with van der Waals surface area (Å²) in [6, 6.07) is 13.6. The number of methoxy groups -OCH3 is 2. The molecule has 1 heterocycles. The largest absolute Gasteiger partial charge is 0.497 e. The van der Waals surface area contributed by atoms with Gasteiger partial charge in [0.1, 0.15) is 11.5 Å². The molecular weight excluding hydrogens is 330 g/mol. The molecule has 0 saturated heterocycles. The van der Waals surface area contributed by atoms with E-state index in [1.54, 1.807) is 21.3 Å². The average Bonchev–Trinajstić information content (AvgIpc) is 2.65. The first-order valence-corrected chi connectivity index (χ1v) is 8.33. The zero-order chi connectivity index (χ0) is 18.9. The Bertz CT molecular complexity index is 878. The number of guanidine groups is 1. The maximum absolute atomic E-state index is 12.3. The maximum atomic E-state index is 12.3. The zero-order valence-corrected chi connectivity index (χ0v) is 15.4. The first-order valence-electron chi connectivity index (χ1n) is 8.33. The molecule has 1 aliphatic heterocycles. The Labute approximate surface area is 153 Å². The molecular formula is C20H23N3O3. The van der Waals surface area contributed by atoms with Gasteiger partial charge in [0.25, 0.3) is 0 Å². The van der Waals surface area contributed by atoms with Crippen molar-refractivity contribution >= 4 is 11.9 Å². The predicted octanol–water partition coefficient (Wildman–Crippen LogP) is 2.76. The number of hydrogen-bond donors (Lipinski definition) is 1. The van der Waals surface area contributed by atoms with Crippen LogP contribution in [-0.4, -0.2) is 38.0 Å². The van der Waals surface area contributed by atoms with E-state index in [1.807, 2.05) is 49.4 Å². The average molecular weight is 353 g/mol. The molecule has 1 aliphatic rings. The minimum Gasteiger partial charge on any atom is -0.497 e. The molecule has 136 valence electrons. The van der Waals surface area contributed by atoms with Crippen molar-refractivity contribution in [3.05, 3.63) is 48.0 Å². The Hall–Kier alpha value is -3.02. The maximum Gasteiger partial charge on any atom is 0.231 e. The summed E-state index contributed by atoms with van der Waals surface area (Å²) >= 11 is 0. The third-order valence-electron chi connectivity index (χ3n) is 4.78. The number of aliphatic imine (C=N–C) groups is 1. The number of amides is 1. The molecule has 0 saturated carbocycles. The van der Waals surface area contributed by atoms with E-state index in [2.05, 4.69) is 4.99 Å². The molecule has 3 rings (SSSR count). The monoisotopic (exact) mass is 353 g/mol. The van der Waals surface area contributed by atoms with Crippen LogP contribution in [0.4, 0.5) is 0 Å². The number of carbonyl (C=O) groups excluding carboxylic acids is 1. The summed E-state index contributed by atoms with van der Waals surface area (Å²) in [6.45, 7) is 1.92. The fourth-order valence-electron chi connectivity index (χ4n) is 3.14. The molecule has 0 aliphatic carbocycles. The van der Waals surface area contributed by atoms with Gasteiger partial charge in [-0.2, -0.15) is 0 Å². The van der Waals surface area contributed by atoms with E-state index < -0.39 is 5.54 Å². The van der Waals surface area contributed by atoms with Gasteiger partial charge in [-0.1, -0.05) is 18.2 Å². The first-order chi connectivity index (χ1) is 12.4. The van der Waals surface area contributed by atoms with Gasteiger partial charge in [-0.05, 0) is 42.3 Å². The topological polar surface area (TPSA) is 77.2 Å². The lowest BCUT2D eigenvalue weighted by Crippen LogP contribution is -2.47. The van der Waals surface area contributed by atoms with Gasteiger partial charge >= 0.3 is 0 Å². The Kier molecular flexibility index (Phi) is 4.59. The van der Waals surface area contributed by atoms with Gasteiger partial charge in [0.15, 0.2) is 5.96 Å². The second kappa shape index (κ2) is 6.71. The van der Waals surface area contributed by atoms with Crippen molar-refractivity contribution in [3.63, 3.8) is 0 Å². The SMILES string of the molecule is COc1ccc(OC)c(-c2cccc(C3(C)CC(=O)N(C)C(N)=N3)c2)c1. The third-order valence-corrected chi connectivity index (χ3v) is 4.78. The standard InChI is InChI=1S/C20H23N3O3/c1-20(12-18(24)23(2)19(21)22-20)14-7-5-6-13(10-14)16-11-15(25-3)8-9-17(16)26-4/h5-11H,12H2,1-4H3,(H2,21,22). The Balaban J connectivity index is 2.09. The van der Waals surface area contributed by atoms with Crippen molar-refractivity contribution in [1.82, 2.24) is 4.90 Å². The van der Waals surface area contributed by atoms with E-state index in [-0.39, 0.29) is 18.3 Å². The number of benzene rings is 2. The summed E-state index contributed by atoms with van der Waals surface area (Å²) in [5.41, 5.74) is 8.02. The quantitative estimate of drug-likeness (QED) is 0.917. The van der Waals surface area contributed by atoms with E-state index in [0.717, 1.165) is 28.2 Å². The summed E-state index contributed by atoms with van der Waals surface area (Å²) in [7, 11) is 4.90. The molecule has 26 heavy (non-hydrogen) atoms. The molecule has 2 aromatic rings. The second-order valence-corrected chi connectivity index (χ2v) is 6.52. The fraction of sp³-hybridized carbons (Fsp3) is 0.300. The van der Waals surface area contributed by atoms with Crippen molar-refractivity contribution in [2.75, 3.05) is 21.3 Å². The van der Waals surface area contributed by atoms with Gasteiger partial charge in [-0.3, -0.25) is 9.69 Å². The molecule has 2 aromatic carbocycles. The molecule has 0 aromatic heterocycles. The normalized spacial score (nSPS) is 19.9. The highest BCUT2D eigenvalue weighted by Crippen LogP contribution is 2.38. The minimum atomic E-state index is -0.699. The number of ether oxygens (including phenoxy) is 2. The van der Waals surface area contributed by atoms with Gasteiger partial charge in [0.05, 0.1) is 26.2 Å². The molecule has 1 amide bonds. The second-order valence-electron chi connectivity index (χ2n) is 6.52. The summed E-state index contributed by atoms with van der Waals surface area (Å²) in [6.07, 6.45) is 0.267. The highest BCUT2D eigenvalue weighted by Gasteiger charge is 2.36. The zero-order valence-electron chi connectivity index (χ0n) is 15.4. The number of carbonyl (C=O) groups is 1. The molecule has 6 nitrogen and oxygen atoms in total. The summed E-state index contributed by atoms with van der Waals surface area (Å²) < 4.78 is 10.8. The number of rotatable bonds is 4. The number of nitrogens with zero attached hydrogens (tertiary/aromatic N) is 2. The van der Waals surface area contributed by atoms with Crippen LogP contribution in [0.1, 0.15) is 18.9 Å². The van der Waals surface area contributed by atoms with E-state index in [9.17, 15) is 4.79 Å². The third kappa shape index (κ3) is 3.10. The Morgan fingerprint density at radius 3 is 2.58 bits per heavy atom. The van der Waals surface area contributed by atoms with Crippen molar-refractivity contribution in [3.8, 4) is 22.6 Å². The van der Waals surface area contributed by atoms with Gasteiger partial charge < -0.3 is 15.2 Å². The van der Waals surface area contributed by atoms with Crippen LogP contribution in [-0.2, 0) is 10.3 Å². The summed E-state index contributed by atoms with van der Waals surface area (Å²) in [5, 5.41) is 0. The van der Waals surface area contributed by atoms with Crippen LogP contribution in [0.25, 0.3) is 11.1 Å². The van der Waals surface area contributed by atoms with Crippen LogP contribution in [0.5, 0.6) is 11.5 Å². The molecule has 0 radical (unpaired) electrons. The molecule has 0 bridgehead atoms. The van der Waals surface area contributed by atoms with Crippen LogP contribution in [0.15, 0.2) is 47.5 Å². The molecule has 1 unspecified atom stereocenters. The van der Waals surface area contributed by atoms with Crippen molar-refractivity contribution < 1.29 is 14.3 Å². The Morgan fingerprint density at radius 1 is 1.15 bits per heavy atom. The van der Waals surface area contributed by atoms with Crippen molar-refractivity contribution in [2.24, 2.45) is 10.7 Å². The molecule has 2 N–H and O–H groups in total. The highest BCUT2D eigenvalue weighted by atomic mass is 16.5. The minimum absolute atomic E-state index is 0.0515. The van der Waals surface area contributed by atoms with Gasteiger partial charge in [-0.25, -0.2) is 4.99 Å². The molecule has 6 heteroatoms. The van der Waals surface area contributed by atoms with E-state index in [1.165, 1.54) is 4.90 Å². The first kappa shape index (κ1) is 17.8. The molecule has 0 spiro atoms. The lowest BCUT2D eigenvalue weighted by molar-refractivity contribution is -0.128. The van der Waals surface area contributed by atoms with Crippen LogP contribution >= 0.6 is 0 Å². The number of hydrogen-bond acceptors (Lipinski definition) is 5. The summed E-state index contributed by atoms with van der Waals surface area (Å²) in [4.78, 5) is 18.2. The highest BCUT2D eigenvalue weighted by molar-refractivity contribution is 5.98. The van der Waals surface area contributed by atoms with Crippen LogP contribution in [0.2, 0.25) is 0 Å². The van der Waals surface area contributed by atoms with E-state index >= 15 is 0 Å². The van der Waals surface area contributed by atoms with E-state index in [0.29, 0.717) is 0 Å². The van der Waals surface area contributed by atoms with Crippen LogP contribution in [0, 0.1) is 0 Å². The summed E-state index contributed by atoms with van der Waals surface area (Å²) in [5.74, 6) is 1.67. The Morgan fingerprint density at radius 2 is 1.92 bits per heavy atom. The van der Waals surface area contributed by atoms with Gasteiger partial charge in [-0.15, -0.1) is 0 Å². The van der Waals surface area contributed by atoms with E-state index in [4.69, 9.17) is 15.2 Å². The lowest BCUT2D eigenvalue weighted by atomic mass is 9.86. The van der Waals surface area contributed by atoms with Crippen LogP contribution in [0.3, 0.4) is 0 Å². The van der Waals surface area contributed by atoms with Crippen LogP contribution < -0.4 is 15.2 Å². The molecule has 1 atom stereocenters. The van der Waals surface area contributed by atoms with Crippen molar-refractivity contribution in [1.29, 1.82) is 0 Å². The number of nitrogens with two attached hydrogens (primary N) is 1. The van der Waals surface area contributed by atoms with Gasteiger partial charge in [0, 0.05) is 12.6 Å². The predicted molar refractivity (Wildman–Crippen MR) is 101 cm³/mol. The lowest BCUT2D eigenvalue weighted by Gasteiger charge is -2.33. The fourth-order valence-corrected chi connectivity index (χ4v) is 3.14. The van der Waals surface area contributed by atoms with Crippen molar-refractivity contribution in [2.45, 2.75) is 18.9 Å². The smallest absolute Gasteiger partial charge is 0.231 e. The van der Waals surface area contributed by atoms with Gasteiger partial charge in [0.2, 0.25) is 5.91 Å².